The smallest absolute Gasteiger partial charge is 0.358 e. The van der Waals surface area contributed by atoms with E-state index in [4.69, 9.17) is 4.84 Å². The molecule has 0 radical (unpaired) electrons. The molecule has 1 aromatic rings. The molecule has 4 heteroatoms. The zero-order valence-electron chi connectivity index (χ0n) is 8.28. The number of carbonyl (C=O) groups is 1. The van der Waals surface area contributed by atoms with Crippen LogP contribution in [0, 0.1) is 3.57 Å². The lowest BCUT2D eigenvalue weighted by molar-refractivity contribution is -0.0928. The number of benzene rings is 1. The number of halogens is 1. The fourth-order valence-electron chi connectivity index (χ4n) is 1.57. The molecule has 0 unspecified atom stereocenters. The van der Waals surface area contributed by atoms with Crippen LogP contribution in [0.1, 0.15) is 23.2 Å². The normalized spacial score (nSPS) is 16.6. The summed E-state index contributed by atoms with van der Waals surface area (Å²) < 4.78 is 0.930. The van der Waals surface area contributed by atoms with Crippen molar-refractivity contribution in [1.29, 1.82) is 0 Å². The molecular formula is C11H12INO2. The van der Waals surface area contributed by atoms with Crippen LogP contribution in [-0.2, 0) is 4.84 Å². The average molecular weight is 317 g/mol. The SMILES string of the molecule is O=C(ON1CCCC1)c1ccccc1I. The number of hydroxylamine groups is 2. The molecule has 1 aromatic carbocycles. The lowest BCUT2D eigenvalue weighted by atomic mass is 10.2. The topological polar surface area (TPSA) is 29.5 Å². The van der Waals surface area contributed by atoms with E-state index >= 15 is 0 Å². The van der Waals surface area contributed by atoms with Crippen LogP contribution in [-0.4, -0.2) is 24.1 Å². The number of hydrogen-bond acceptors (Lipinski definition) is 3. The van der Waals surface area contributed by atoms with E-state index in [1.54, 1.807) is 11.1 Å². The highest BCUT2D eigenvalue weighted by molar-refractivity contribution is 14.1. The van der Waals surface area contributed by atoms with E-state index in [0.29, 0.717) is 5.56 Å². The summed E-state index contributed by atoms with van der Waals surface area (Å²) in [6.45, 7) is 1.71. The Balaban J connectivity index is 2.04. The van der Waals surface area contributed by atoms with Gasteiger partial charge in [-0.05, 0) is 47.6 Å². The molecular weight excluding hydrogens is 305 g/mol. The standard InChI is InChI=1S/C11H12INO2/c12-10-6-2-1-5-9(10)11(14)15-13-7-3-4-8-13/h1-2,5-6H,3-4,7-8H2. The van der Waals surface area contributed by atoms with Gasteiger partial charge in [0.05, 0.1) is 5.56 Å². The minimum absolute atomic E-state index is 0.248. The van der Waals surface area contributed by atoms with Crippen LogP contribution >= 0.6 is 22.6 Å². The Kier molecular flexibility index (Phi) is 3.58. The Morgan fingerprint density at radius 3 is 2.60 bits per heavy atom. The van der Waals surface area contributed by atoms with E-state index in [2.05, 4.69) is 22.6 Å². The number of carbonyl (C=O) groups excluding carboxylic acids is 1. The predicted molar refractivity (Wildman–Crippen MR) is 65.4 cm³/mol. The molecule has 1 saturated heterocycles. The first-order valence-corrected chi connectivity index (χ1v) is 6.07. The third kappa shape index (κ3) is 2.69. The van der Waals surface area contributed by atoms with Crippen molar-refractivity contribution in [1.82, 2.24) is 5.06 Å². The zero-order chi connectivity index (χ0) is 10.7. The van der Waals surface area contributed by atoms with Gasteiger partial charge in [-0.3, -0.25) is 0 Å². The fourth-order valence-corrected chi connectivity index (χ4v) is 2.18. The van der Waals surface area contributed by atoms with Crippen molar-refractivity contribution in [2.24, 2.45) is 0 Å². The largest absolute Gasteiger partial charge is 0.364 e. The second-order valence-corrected chi connectivity index (χ2v) is 4.66. The van der Waals surface area contributed by atoms with Gasteiger partial charge in [-0.1, -0.05) is 12.1 Å². The quantitative estimate of drug-likeness (QED) is 0.785. The third-order valence-electron chi connectivity index (χ3n) is 2.37. The van der Waals surface area contributed by atoms with Crippen molar-refractivity contribution in [3.63, 3.8) is 0 Å². The van der Waals surface area contributed by atoms with Gasteiger partial charge >= 0.3 is 5.97 Å². The Bertz CT molecular complexity index is 361. The summed E-state index contributed by atoms with van der Waals surface area (Å²) >= 11 is 2.14. The van der Waals surface area contributed by atoms with E-state index in [1.807, 2.05) is 18.2 Å². The van der Waals surface area contributed by atoms with Gasteiger partial charge in [0.25, 0.3) is 0 Å². The molecule has 1 aliphatic rings. The first kappa shape index (κ1) is 10.9. The van der Waals surface area contributed by atoms with Crippen LogP contribution < -0.4 is 0 Å². The first-order valence-electron chi connectivity index (χ1n) is 4.99. The number of hydrogen-bond donors (Lipinski definition) is 0. The highest BCUT2D eigenvalue weighted by Gasteiger charge is 2.18. The minimum atomic E-state index is -0.248. The highest BCUT2D eigenvalue weighted by atomic mass is 127. The summed E-state index contributed by atoms with van der Waals surface area (Å²) in [5.41, 5.74) is 0.644. The highest BCUT2D eigenvalue weighted by Crippen LogP contribution is 2.15. The summed E-state index contributed by atoms with van der Waals surface area (Å²) in [6.07, 6.45) is 2.22. The Hall–Kier alpha value is -0.620. The van der Waals surface area contributed by atoms with Gasteiger partial charge in [0, 0.05) is 16.7 Å². The third-order valence-corrected chi connectivity index (χ3v) is 3.31. The maximum Gasteiger partial charge on any atom is 0.358 e. The lowest BCUT2D eigenvalue weighted by Crippen LogP contribution is -2.24. The van der Waals surface area contributed by atoms with Gasteiger partial charge in [0.15, 0.2) is 0 Å². The molecule has 0 bridgehead atoms. The van der Waals surface area contributed by atoms with Crippen LogP contribution in [0.25, 0.3) is 0 Å². The van der Waals surface area contributed by atoms with E-state index in [0.717, 1.165) is 29.5 Å². The number of rotatable bonds is 2. The summed E-state index contributed by atoms with van der Waals surface area (Å²) in [5.74, 6) is -0.248. The Morgan fingerprint density at radius 2 is 1.93 bits per heavy atom. The van der Waals surface area contributed by atoms with Crippen LogP contribution in [0.4, 0.5) is 0 Å². The number of nitrogens with zero attached hydrogens (tertiary/aromatic N) is 1. The average Bonchev–Trinajstić information content (AvgIpc) is 2.71. The molecule has 0 saturated carbocycles. The molecule has 1 aliphatic heterocycles. The van der Waals surface area contributed by atoms with E-state index in [9.17, 15) is 4.79 Å². The molecule has 2 rings (SSSR count). The molecule has 0 aromatic heterocycles. The first-order chi connectivity index (χ1) is 7.27. The second kappa shape index (κ2) is 4.94. The molecule has 0 spiro atoms. The molecule has 0 N–H and O–H groups in total. The molecule has 0 atom stereocenters. The summed E-state index contributed by atoms with van der Waals surface area (Å²) in [4.78, 5) is 17.0. The van der Waals surface area contributed by atoms with Crippen LogP contribution in [0.15, 0.2) is 24.3 Å². The molecule has 1 heterocycles. The van der Waals surface area contributed by atoms with Crippen LogP contribution in [0.2, 0.25) is 0 Å². The maximum absolute atomic E-state index is 11.8. The monoisotopic (exact) mass is 317 g/mol. The van der Waals surface area contributed by atoms with Crippen molar-refractivity contribution >= 4 is 28.6 Å². The lowest BCUT2D eigenvalue weighted by Gasteiger charge is -2.14. The Labute approximate surface area is 103 Å². The maximum atomic E-state index is 11.8. The van der Waals surface area contributed by atoms with Crippen LogP contribution in [0.3, 0.4) is 0 Å². The summed E-state index contributed by atoms with van der Waals surface area (Å²) in [6, 6.07) is 7.46. The van der Waals surface area contributed by atoms with E-state index in [1.165, 1.54) is 0 Å². The van der Waals surface area contributed by atoms with Gasteiger partial charge in [-0.15, -0.1) is 5.06 Å². The molecule has 80 valence electrons. The zero-order valence-corrected chi connectivity index (χ0v) is 10.4. The molecule has 0 aliphatic carbocycles. The molecule has 0 amide bonds. The fraction of sp³-hybridized carbons (Fsp3) is 0.364. The molecule has 15 heavy (non-hydrogen) atoms. The van der Waals surface area contributed by atoms with Crippen molar-refractivity contribution < 1.29 is 9.63 Å². The van der Waals surface area contributed by atoms with Gasteiger partial charge in [0.1, 0.15) is 0 Å². The van der Waals surface area contributed by atoms with Crippen LogP contribution in [0.5, 0.6) is 0 Å². The van der Waals surface area contributed by atoms with Gasteiger partial charge in [-0.2, -0.15) is 0 Å². The van der Waals surface area contributed by atoms with E-state index < -0.39 is 0 Å². The predicted octanol–water partition coefficient (Wildman–Crippen LogP) is 2.46. The van der Waals surface area contributed by atoms with Crippen molar-refractivity contribution in [3.05, 3.63) is 33.4 Å². The van der Waals surface area contributed by atoms with Crippen molar-refractivity contribution in [2.75, 3.05) is 13.1 Å². The molecule has 3 nitrogen and oxygen atoms in total. The van der Waals surface area contributed by atoms with Crippen molar-refractivity contribution in [2.45, 2.75) is 12.8 Å². The van der Waals surface area contributed by atoms with Gasteiger partial charge < -0.3 is 4.84 Å². The van der Waals surface area contributed by atoms with Crippen molar-refractivity contribution in [3.8, 4) is 0 Å². The van der Waals surface area contributed by atoms with Gasteiger partial charge in [-0.25, -0.2) is 4.79 Å². The molecule has 1 fully saturated rings. The Morgan fingerprint density at radius 1 is 1.27 bits per heavy atom. The summed E-state index contributed by atoms with van der Waals surface area (Å²) in [7, 11) is 0. The minimum Gasteiger partial charge on any atom is -0.364 e. The van der Waals surface area contributed by atoms with E-state index in [-0.39, 0.29) is 5.97 Å². The summed E-state index contributed by atoms with van der Waals surface area (Å²) in [5, 5.41) is 1.74. The second-order valence-electron chi connectivity index (χ2n) is 3.49. The van der Waals surface area contributed by atoms with Gasteiger partial charge in [0.2, 0.25) is 0 Å².